The van der Waals surface area contributed by atoms with Gasteiger partial charge in [0.2, 0.25) is 5.91 Å². The molecule has 0 bridgehead atoms. The number of halogens is 1. The molecule has 1 saturated heterocycles. The summed E-state index contributed by atoms with van der Waals surface area (Å²) in [5.41, 5.74) is 3.75. The number of fused-ring (bicyclic) bond motifs is 1. The van der Waals surface area contributed by atoms with E-state index in [1.54, 1.807) is 0 Å². The first-order valence-electron chi connectivity index (χ1n) is 13.0. The maximum Gasteiger partial charge on any atom is 0.274 e. The summed E-state index contributed by atoms with van der Waals surface area (Å²) in [6.45, 7) is 4.80. The van der Waals surface area contributed by atoms with E-state index in [1.807, 2.05) is 66.7 Å². The molecular weight excluding hydrogens is 496 g/mol. The molecule has 1 N–H and O–H groups in total. The number of nitrogens with zero attached hydrogens (tertiary/aromatic N) is 3. The highest BCUT2D eigenvalue weighted by Crippen LogP contribution is 2.30. The molecule has 194 valence electrons. The Bertz CT molecular complexity index is 1520. The zero-order valence-corrected chi connectivity index (χ0v) is 22.2. The number of allylic oxidation sites excluding steroid dienone is 1. The predicted octanol–water partition coefficient (Wildman–Crippen LogP) is 6.11. The van der Waals surface area contributed by atoms with E-state index in [1.165, 1.54) is 17.2 Å². The van der Waals surface area contributed by atoms with E-state index >= 15 is 0 Å². The summed E-state index contributed by atoms with van der Waals surface area (Å²) >= 11 is 6.08. The molecular formula is C31H31ClN4O2. The van der Waals surface area contributed by atoms with Gasteiger partial charge in [-0.15, -0.1) is 0 Å². The third kappa shape index (κ3) is 6.04. The van der Waals surface area contributed by atoms with Crippen LogP contribution in [0.25, 0.3) is 22.0 Å². The Morgan fingerprint density at radius 3 is 2.42 bits per heavy atom. The van der Waals surface area contributed by atoms with Crippen LogP contribution in [0.5, 0.6) is 0 Å². The molecule has 1 aliphatic heterocycles. The SMILES string of the molecule is CC(=O)Nc1cccc(C2CCN(CC=CCn3nc(-c4ccc(Cl)cc4)c4ccccc4c3=O)CC2)c1. The minimum Gasteiger partial charge on any atom is -0.326 e. The lowest BCUT2D eigenvalue weighted by Gasteiger charge is -2.31. The van der Waals surface area contributed by atoms with E-state index in [2.05, 4.69) is 28.4 Å². The smallest absolute Gasteiger partial charge is 0.274 e. The van der Waals surface area contributed by atoms with Crippen molar-refractivity contribution in [3.8, 4) is 11.3 Å². The molecule has 7 heteroatoms. The van der Waals surface area contributed by atoms with Crippen molar-refractivity contribution in [3.63, 3.8) is 0 Å². The van der Waals surface area contributed by atoms with Gasteiger partial charge >= 0.3 is 0 Å². The van der Waals surface area contributed by atoms with Gasteiger partial charge in [-0.1, -0.05) is 66.2 Å². The predicted molar refractivity (Wildman–Crippen MR) is 155 cm³/mol. The fourth-order valence-electron chi connectivity index (χ4n) is 5.10. The fourth-order valence-corrected chi connectivity index (χ4v) is 5.23. The Labute approximate surface area is 227 Å². The molecule has 1 amide bonds. The van der Waals surface area contributed by atoms with Crippen LogP contribution in [0.2, 0.25) is 5.02 Å². The first kappa shape index (κ1) is 25.9. The number of anilines is 1. The van der Waals surface area contributed by atoms with Gasteiger partial charge < -0.3 is 5.32 Å². The summed E-state index contributed by atoms with van der Waals surface area (Å²) in [4.78, 5) is 26.9. The van der Waals surface area contributed by atoms with Gasteiger partial charge in [0.15, 0.2) is 0 Å². The van der Waals surface area contributed by atoms with Crippen LogP contribution in [0.1, 0.15) is 31.2 Å². The maximum atomic E-state index is 13.1. The number of benzene rings is 3. The number of rotatable bonds is 7. The van der Waals surface area contributed by atoms with Crippen molar-refractivity contribution >= 4 is 34.0 Å². The van der Waals surface area contributed by atoms with Gasteiger partial charge in [0.25, 0.3) is 5.56 Å². The molecule has 1 aromatic heterocycles. The van der Waals surface area contributed by atoms with E-state index in [4.69, 9.17) is 16.7 Å². The Kier molecular flexibility index (Phi) is 8.01. The lowest BCUT2D eigenvalue weighted by atomic mass is 9.89. The summed E-state index contributed by atoms with van der Waals surface area (Å²) < 4.78 is 1.54. The van der Waals surface area contributed by atoms with Gasteiger partial charge in [0, 0.05) is 35.1 Å². The Morgan fingerprint density at radius 1 is 0.974 bits per heavy atom. The van der Waals surface area contributed by atoms with E-state index < -0.39 is 0 Å². The van der Waals surface area contributed by atoms with Crippen LogP contribution in [0.4, 0.5) is 5.69 Å². The molecule has 0 aliphatic carbocycles. The van der Waals surface area contributed by atoms with Crippen molar-refractivity contribution < 1.29 is 4.79 Å². The molecule has 3 aromatic carbocycles. The summed E-state index contributed by atoms with van der Waals surface area (Å²) in [7, 11) is 0. The summed E-state index contributed by atoms with van der Waals surface area (Å²) in [6.07, 6.45) is 6.31. The monoisotopic (exact) mass is 526 g/mol. The van der Waals surface area contributed by atoms with Crippen molar-refractivity contribution in [2.75, 3.05) is 25.0 Å². The topological polar surface area (TPSA) is 67.2 Å². The number of carbonyl (C=O) groups is 1. The quantitative estimate of drug-likeness (QED) is 0.295. The van der Waals surface area contributed by atoms with Crippen molar-refractivity contribution in [3.05, 3.63) is 106 Å². The van der Waals surface area contributed by atoms with Crippen molar-refractivity contribution in [2.24, 2.45) is 0 Å². The maximum absolute atomic E-state index is 13.1. The van der Waals surface area contributed by atoms with Crippen LogP contribution in [0, 0.1) is 0 Å². The van der Waals surface area contributed by atoms with E-state index in [0.717, 1.165) is 54.8 Å². The van der Waals surface area contributed by atoms with Gasteiger partial charge in [0.1, 0.15) is 0 Å². The van der Waals surface area contributed by atoms with Crippen LogP contribution in [0.3, 0.4) is 0 Å². The zero-order valence-electron chi connectivity index (χ0n) is 21.4. The molecule has 5 rings (SSSR count). The number of piperidine rings is 1. The highest BCUT2D eigenvalue weighted by atomic mass is 35.5. The molecule has 0 radical (unpaired) electrons. The average molecular weight is 527 g/mol. The minimum atomic E-state index is -0.0923. The van der Waals surface area contributed by atoms with Gasteiger partial charge in [0.05, 0.1) is 17.6 Å². The van der Waals surface area contributed by atoms with E-state index in [-0.39, 0.29) is 11.5 Å². The van der Waals surface area contributed by atoms with Gasteiger partial charge in [-0.05, 0) is 67.7 Å². The molecule has 2 heterocycles. The second-order valence-corrected chi connectivity index (χ2v) is 10.2. The van der Waals surface area contributed by atoms with Crippen LogP contribution in [0.15, 0.2) is 89.7 Å². The Morgan fingerprint density at radius 2 is 1.68 bits per heavy atom. The number of hydrogen-bond acceptors (Lipinski definition) is 4. The first-order chi connectivity index (χ1) is 18.5. The molecule has 0 atom stereocenters. The average Bonchev–Trinajstić information content (AvgIpc) is 2.93. The zero-order chi connectivity index (χ0) is 26.5. The summed E-state index contributed by atoms with van der Waals surface area (Å²) in [5, 5.41) is 9.76. The third-order valence-electron chi connectivity index (χ3n) is 7.06. The highest BCUT2D eigenvalue weighted by Gasteiger charge is 2.20. The van der Waals surface area contributed by atoms with Gasteiger partial charge in [-0.25, -0.2) is 4.68 Å². The number of carbonyl (C=O) groups excluding carboxylic acids is 1. The van der Waals surface area contributed by atoms with E-state index in [9.17, 15) is 9.59 Å². The lowest BCUT2D eigenvalue weighted by molar-refractivity contribution is -0.114. The number of hydrogen-bond donors (Lipinski definition) is 1. The Balaban J connectivity index is 1.22. The largest absolute Gasteiger partial charge is 0.326 e. The van der Waals surface area contributed by atoms with Crippen LogP contribution in [-0.2, 0) is 11.3 Å². The van der Waals surface area contributed by atoms with Crippen LogP contribution >= 0.6 is 11.6 Å². The number of likely N-dealkylation sites (tertiary alicyclic amines) is 1. The van der Waals surface area contributed by atoms with Crippen molar-refractivity contribution in [2.45, 2.75) is 32.2 Å². The van der Waals surface area contributed by atoms with Crippen molar-refractivity contribution in [1.82, 2.24) is 14.7 Å². The number of nitrogens with one attached hydrogen (secondary N) is 1. The van der Waals surface area contributed by atoms with Crippen LogP contribution < -0.4 is 10.9 Å². The molecule has 0 spiro atoms. The minimum absolute atomic E-state index is 0.0499. The second kappa shape index (κ2) is 11.8. The normalized spacial score (nSPS) is 14.8. The van der Waals surface area contributed by atoms with Gasteiger partial charge in [-0.3, -0.25) is 14.5 Å². The highest BCUT2D eigenvalue weighted by molar-refractivity contribution is 6.30. The molecule has 6 nitrogen and oxygen atoms in total. The Hall–Kier alpha value is -3.74. The summed E-state index contributed by atoms with van der Waals surface area (Å²) in [5.74, 6) is 0.446. The number of aromatic nitrogens is 2. The van der Waals surface area contributed by atoms with E-state index in [0.29, 0.717) is 22.9 Å². The standard InChI is InChI=1S/C31H31ClN4O2/c1-22(37)33-27-8-6-7-25(21-27)23-15-19-35(20-16-23)17-4-5-18-36-31(38)29-10-3-2-9-28(29)30(34-36)24-11-13-26(32)14-12-24/h2-14,21,23H,15-20H2,1H3,(H,33,37). The molecule has 38 heavy (non-hydrogen) atoms. The number of amides is 1. The van der Waals surface area contributed by atoms with Crippen molar-refractivity contribution in [1.29, 1.82) is 0 Å². The molecule has 0 saturated carbocycles. The lowest BCUT2D eigenvalue weighted by Crippen LogP contribution is -2.33. The van der Waals surface area contributed by atoms with Crippen LogP contribution in [-0.4, -0.2) is 40.2 Å². The third-order valence-corrected chi connectivity index (χ3v) is 7.31. The van der Waals surface area contributed by atoms with Gasteiger partial charge in [-0.2, -0.15) is 5.10 Å². The summed E-state index contributed by atoms with van der Waals surface area (Å²) in [6, 6.07) is 23.3. The second-order valence-electron chi connectivity index (χ2n) is 9.74. The molecule has 1 fully saturated rings. The molecule has 0 unspecified atom stereocenters. The molecule has 4 aromatic rings. The first-order valence-corrected chi connectivity index (χ1v) is 13.4. The molecule has 1 aliphatic rings. The fraction of sp³-hybridized carbons (Fsp3) is 0.258.